The maximum atomic E-state index is 2.63. The summed E-state index contributed by atoms with van der Waals surface area (Å²) in [4.78, 5) is 5.25. The summed E-state index contributed by atoms with van der Waals surface area (Å²) in [7, 11) is 0. The molecular formula is C96H92BN3. The van der Waals surface area contributed by atoms with Gasteiger partial charge in [-0.2, -0.15) is 0 Å². The largest absolute Gasteiger partial charge is 0.311 e. The molecule has 12 aromatic carbocycles. The van der Waals surface area contributed by atoms with Crippen LogP contribution < -0.4 is 26.2 Å². The van der Waals surface area contributed by atoms with Crippen LogP contribution in [0.2, 0.25) is 0 Å². The number of aromatic nitrogens is 1. The second-order valence-electron chi connectivity index (χ2n) is 34.2. The van der Waals surface area contributed by atoms with Gasteiger partial charge < -0.3 is 14.4 Å². The Bertz CT molecular complexity index is 5190. The number of hydrogen-bond acceptors (Lipinski definition) is 2. The highest BCUT2D eigenvalue weighted by atomic mass is 15.2. The molecule has 17 rings (SSSR count). The van der Waals surface area contributed by atoms with Gasteiger partial charge >= 0.3 is 0 Å². The van der Waals surface area contributed by atoms with Gasteiger partial charge in [0.05, 0.1) is 16.7 Å². The lowest BCUT2D eigenvalue weighted by Gasteiger charge is -2.45. The van der Waals surface area contributed by atoms with Crippen LogP contribution in [0.3, 0.4) is 0 Å². The van der Waals surface area contributed by atoms with Gasteiger partial charge in [-0.05, 0) is 230 Å². The molecule has 2 aliphatic carbocycles. The van der Waals surface area contributed by atoms with Crippen LogP contribution in [0.4, 0.5) is 34.1 Å². The Morgan fingerprint density at radius 2 is 0.670 bits per heavy atom. The number of benzene rings is 12. The molecule has 0 bridgehead atoms. The Kier molecular flexibility index (Phi) is 14.5. The third kappa shape index (κ3) is 10.4. The molecule has 3 heterocycles. The zero-order chi connectivity index (χ0) is 69.2. The highest BCUT2D eigenvalue weighted by Crippen LogP contribution is 2.52. The van der Waals surface area contributed by atoms with E-state index in [0.29, 0.717) is 0 Å². The van der Waals surface area contributed by atoms with Crippen molar-refractivity contribution < 1.29 is 0 Å². The van der Waals surface area contributed by atoms with Gasteiger partial charge in [0, 0.05) is 44.9 Å². The molecule has 0 atom stereocenters. The van der Waals surface area contributed by atoms with Gasteiger partial charge in [0.1, 0.15) is 0 Å². The summed E-state index contributed by atoms with van der Waals surface area (Å²) in [5, 5.41) is 2.45. The molecule has 4 heteroatoms. The maximum Gasteiger partial charge on any atom is 0.252 e. The first kappa shape index (κ1) is 63.5. The van der Waals surface area contributed by atoms with E-state index in [1.807, 2.05) is 0 Å². The number of anilines is 6. The van der Waals surface area contributed by atoms with Gasteiger partial charge in [0.15, 0.2) is 0 Å². The van der Waals surface area contributed by atoms with E-state index in [2.05, 4.69) is 366 Å². The van der Waals surface area contributed by atoms with Crippen LogP contribution in [-0.2, 0) is 32.5 Å². The van der Waals surface area contributed by atoms with Crippen LogP contribution in [0.1, 0.15) is 156 Å². The first-order chi connectivity index (χ1) is 47.8. The van der Waals surface area contributed by atoms with E-state index in [1.165, 1.54) is 164 Å². The Morgan fingerprint density at radius 1 is 0.290 bits per heavy atom. The second kappa shape index (κ2) is 22.8. The lowest BCUT2D eigenvalue weighted by Crippen LogP contribution is -2.61. The van der Waals surface area contributed by atoms with Crippen molar-refractivity contribution in [1.29, 1.82) is 0 Å². The first-order valence-electron chi connectivity index (χ1n) is 36.7. The van der Waals surface area contributed by atoms with Crippen molar-refractivity contribution in [2.24, 2.45) is 0 Å². The van der Waals surface area contributed by atoms with Gasteiger partial charge in [0.25, 0.3) is 6.71 Å². The molecule has 0 fully saturated rings. The zero-order valence-corrected chi connectivity index (χ0v) is 61.0. The number of hydrogen-bond donors (Lipinski definition) is 0. The summed E-state index contributed by atoms with van der Waals surface area (Å²) in [6, 6.07) is 99.0. The Hall–Kier alpha value is -9.90. The van der Waals surface area contributed by atoms with E-state index >= 15 is 0 Å². The molecule has 0 saturated heterocycles. The van der Waals surface area contributed by atoms with Crippen LogP contribution in [0.15, 0.2) is 255 Å². The molecule has 4 aliphatic rings. The van der Waals surface area contributed by atoms with E-state index in [-0.39, 0.29) is 39.2 Å². The molecule has 0 spiro atoms. The summed E-state index contributed by atoms with van der Waals surface area (Å²) in [6.07, 6.45) is 4.73. The molecular weight excluding hydrogens is 1210 g/mol. The minimum absolute atomic E-state index is 0.0906. The number of fused-ring (bicyclic) bond motifs is 9. The molecule has 0 N–H and O–H groups in total. The zero-order valence-electron chi connectivity index (χ0n) is 61.0. The van der Waals surface area contributed by atoms with Crippen molar-refractivity contribution >= 4 is 79.0 Å². The predicted molar refractivity (Wildman–Crippen MR) is 430 cm³/mol. The SMILES string of the molecule is CC(C)(C)c1ccccc1-c1ccc2c(c1)B1c3cc(-c4ccccc4C(C)(C)C)ccc3N(c3ccc(-c4ccc5c(c4)C(C)(C)CCC5(C)C)cc3)c3cc(-n4c5ccccc5c5cc(-c6ccccc6)ccc54)cc(c31)N2c1ccc(-c2ccc3c(c2)C(C)(C)CCC3(C)C)cc1. The van der Waals surface area contributed by atoms with Crippen molar-refractivity contribution in [1.82, 2.24) is 4.57 Å². The summed E-state index contributed by atoms with van der Waals surface area (Å²) in [5.41, 5.74) is 35.5. The van der Waals surface area contributed by atoms with Crippen molar-refractivity contribution in [3.63, 3.8) is 0 Å². The second-order valence-corrected chi connectivity index (χ2v) is 34.2. The number of nitrogens with zero attached hydrogens (tertiary/aromatic N) is 3. The van der Waals surface area contributed by atoms with Crippen LogP contribution in [-0.4, -0.2) is 11.3 Å². The quantitative estimate of drug-likeness (QED) is 0.141. The van der Waals surface area contributed by atoms with Gasteiger partial charge in [-0.15, -0.1) is 0 Å². The van der Waals surface area contributed by atoms with Crippen molar-refractivity contribution in [2.75, 3.05) is 9.80 Å². The third-order valence-corrected chi connectivity index (χ3v) is 23.8. The lowest BCUT2D eigenvalue weighted by atomic mass is 9.33. The molecule has 494 valence electrons. The monoisotopic (exact) mass is 1300 g/mol. The topological polar surface area (TPSA) is 11.4 Å². The normalized spacial score (nSPS) is 16.2. The molecule has 0 saturated carbocycles. The van der Waals surface area contributed by atoms with Gasteiger partial charge in [0.2, 0.25) is 0 Å². The standard InChI is InChI=1S/C96H92BN3/c1-91(2,3)76-29-21-18-26-72(76)67-39-48-86-82(57-67)97-83-58-68(73-27-19-22-30-77(73)92(4,5)6)40-49-87(83)99(70-43-34-63(35-44-70)66-37-46-79-81(56-66)96(13,14)53-51-94(79,9)10)89-60-71(100-84-31-23-20-28-74(84)75-54-64(38-47-85(75)100)61-24-16-15-17-25-61)59-88(90(89)97)98(86)69-41-32-62(33-42-69)65-36-45-78-80(55-65)95(11,12)52-50-93(78,7)8/h15-49,54-60H,50-53H2,1-14H3. The highest BCUT2D eigenvalue weighted by Gasteiger charge is 2.46. The molecule has 1 aromatic heterocycles. The highest BCUT2D eigenvalue weighted by molar-refractivity contribution is 7.00. The molecule has 0 radical (unpaired) electrons. The fourth-order valence-electron chi connectivity index (χ4n) is 18.0. The van der Waals surface area contributed by atoms with Crippen molar-refractivity contribution in [3.05, 3.63) is 288 Å². The molecule has 0 unspecified atom stereocenters. The summed E-state index contributed by atoms with van der Waals surface area (Å²) >= 11 is 0. The summed E-state index contributed by atoms with van der Waals surface area (Å²) in [6.45, 7) is 33.4. The minimum atomic E-state index is -0.170. The van der Waals surface area contributed by atoms with Gasteiger partial charge in [-0.25, -0.2) is 0 Å². The van der Waals surface area contributed by atoms with Crippen LogP contribution in [0.25, 0.3) is 83.1 Å². The molecule has 2 aliphatic heterocycles. The molecule has 13 aromatic rings. The average Bonchev–Trinajstić information content (AvgIpc) is 0.854. The van der Waals surface area contributed by atoms with Gasteiger partial charge in [-0.3, -0.25) is 0 Å². The summed E-state index contributed by atoms with van der Waals surface area (Å²) in [5.74, 6) is 0. The van der Waals surface area contributed by atoms with E-state index < -0.39 is 0 Å². The summed E-state index contributed by atoms with van der Waals surface area (Å²) < 4.78 is 2.55. The maximum absolute atomic E-state index is 2.63. The van der Waals surface area contributed by atoms with E-state index in [0.717, 1.165) is 28.4 Å². The van der Waals surface area contributed by atoms with Gasteiger partial charge in [-0.1, -0.05) is 285 Å². The average molecular weight is 1300 g/mol. The van der Waals surface area contributed by atoms with Crippen LogP contribution in [0.5, 0.6) is 0 Å². The molecule has 100 heavy (non-hydrogen) atoms. The molecule has 3 nitrogen and oxygen atoms in total. The fraction of sp³-hybridized carbons (Fsp3) is 0.250. The van der Waals surface area contributed by atoms with Crippen molar-refractivity contribution in [2.45, 2.75) is 155 Å². The Morgan fingerprint density at radius 3 is 1.15 bits per heavy atom. The Balaban J connectivity index is 0.951. The number of rotatable bonds is 8. The smallest absolute Gasteiger partial charge is 0.252 e. The van der Waals surface area contributed by atoms with Crippen molar-refractivity contribution in [3.8, 4) is 61.3 Å². The van der Waals surface area contributed by atoms with E-state index in [1.54, 1.807) is 0 Å². The van der Waals surface area contributed by atoms with Crippen LogP contribution >= 0.6 is 0 Å². The Labute approximate surface area is 594 Å². The number of para-hydroxylation sites is 1. The van der Waals surface area contributed by atoms with E-state index in [4.69, 9.17) is 0 Å². The fourth-order valence-corrected chi connectivity index (χ4v) is 18.0. The minimum Gasteiger partial charge on any atom is -0.311 e. The first-order valence-corrected chi connectivity index (χ1v) is 36.7. The predicted octanol–water partition coefficient (Wildman–Crippen LogP) is 24.5. The van der Waals surface area contributed by atoms with Crippen LogP contribution in [0, 0.1) is 0 Å². The third-order valence-electron chi connectivity index (χ3n) is 23.8. The lowest BCUT2D eigenvalue weighted by molar-refractivity contribution is 0.332. The van der Waals surface area contributed by atoms with E-state index in [9.17, 15) is 0 Å². The molecule has 0 amide bonds.